The number of hydrogen-bond donors (Lipinski definition) is 0. The summed E-state index contributed by atoms with van der Waals surface area (Å²) in [7, 11) is -1.12. The molecule has 20 heavy (non-hydrogen) atoms. The molecule has 1 aliphatic carbocycles. The monoisotopic (exact) mass is 286 g/mol. The number of allylic oxidation sites excluding steroid dienone is 1. The van der Waals surface area contributed by atoms with Crippen molar-refractivity contribution in [2.45, 2.75) is 71.0 Å². The Morgan fingerprint density at radius 1 is 1.10 bits per heavy atom. The van der Waals surface area contributed by atoms with Gasteiger partial charge in [0.25, 0.3) is 0 Å². The Bertz CT molecular complexity index is 465. The zero-order valence-electron chi connectivity index (χ0n) is 13.7. The van der Waals surface area contributed by atoms with Crippen molar-refractivity contribution in [3.63, 3.8) is 0 Å². The first-order valence-electron chi connectivity index (χ1n) is 8.30. The van der Waals surface area contributed by atoms with Crippen LogP contribution in [0.5, 0.6) is 0 Å². The molecule has 0 bridgehead atoms. The van der Waals surface area contributed by atoms with Gasteiger partial charge in [-0.2, -0.15) is 0 Å². The molecule has 0 heterocycles. The largest absolute Gasteiger partial charge is 0.0952 e. The average Bonchev–Trinajstić information content (AvgIpc) is 2.39. The Kier molecular flexibility index (Phi) is 5.26. The van der Waals surface area contributed by atoms with Crippen LogP contribution in [0.2, 0.25) is 19.6 Å². The van der Waals surface area contributed by atoms with Crippen LogP contribution >= 0.6 is 0 Å². The Hall–Kier alpha value is -0.823. The van der Waals surface area contributed by atoms with E-state index in [1.54, 1.807) is 16.7 Å². The first-order valence-corrected chi connectivity index (χ1v) is 11.9. The zero-order chi connectivity index (χ0) is 14.6. The van der Waals surface area contributed by atoms with Crippen LogP contribution < -0.4 is 0 Å². The van der Waals surface area contributed by atoms with Crippen LogP contribution in [0.25, 0.3) is 0 Å². The van der Waals surface area contributed by atoms with Crippen molar-refractivity contribution in [1.82, 2.24) is 0 Å². The van der Waals surface area contributed by atoms with Crippen molar-refractivity contribution in [3.05, 3.63) is 46.7 Å². The molecular formula is C19H30Si. The third-order valence-corrected chi connectivity index (χ3v) is 5.51. The first kappa shape index (κ1) is 15.6. The molecule has 1 heteroatoms. The van der Waals surface area contributed by atoms with Crippen molar-refractivity contribution in [1.29, 1.82) is 0 Å². The lowest BCUT2D eigenvalue weighted by molar-refractivity contribution is 0.580. The quantitative estimate of drug-likeness (QED) is 0.453. The first-order chi connectivity index (χ1) is 9.51. The van der Waals surface area contributed by atoms with E-state index in [4.69, 9.17) is 0 Å². The van der Waals surface area contributed by atoms with Gasteiger partial charge in [0.1, 0.15) is 0 Å². The molecule has 0 aliphatic heterocycles. The summed E-state index contributed by atoms with van der Waals surface area (Å²) in [5.74, 6) is 0.707. The van der Waals surface area contributed by atoms with E-state index in [9.17, 15) is 0 Å². The molecule has 0 N–H and O–H groups in total. The standard InChI is InChI=1S/C19H30Si/c1-5-6-7-11-19-17(15-20(2,3)4)14-13-16-10-8-9-12-18(16)19/h8-10,12,15,19H,5-7,11,13-14H2,1-4H3/b17-15-. The van der Waals surface area contributed by atoms with Gasteiger partial charge in [-0.3, -0.25) is 0 Å². The molecule has 110 valence electrons. The summed E-state index contributed by atoms with van der Waals surface area (Å²) in [5, 5.41) is 0. The molecule has 0 aromatic heterocycles. The summed E-state index contributed by atoms with van der Waals surface area (Å²) in [5.41, 5.74) is 7.65. The van der Waals surface area contributed by atoms with Crippen molar-refractivity contribution < 1.29 is 0 Å². The maximum atomic E-state index is 2.68. The molecule has 0 nitrogen and oxygen atoms in total. The smallest absolute Gasteiger partial charge is 0.0686 e. The fourth-order valence-electron chi connectivity index (χ4n) is 3.42. The fourth-order valence-corrected chi connectivity index (χ4v) is 4.88. The van der Waals surface area contributed by atoms with Gasteiger partial charge < -0.3 is 0 Å². The van der Waals surface area contributed by atoms with E-state index in [0.29, 0.717) is 5.92 Å². The number of benzene rings is 1. The van der Waals surface area contributed by atoms with Crippen molar-refractivity contribution in [2.75, 3.05) is 0 Å². The summed E-state index contributed by atoms with van der Waals surface area (Å²) in [6.45, 7) is 9.68. The minimum absolute atomic E-state index is 0.707. The highest BCUT2D eigenvalue weighted by Gasteiger charge is 2.25. The lowest BCUT2D eigenvalue weighted by Crippen LogP contribution is -2.21. The van der Waals surface area contributed by atoms with Crippen LogP contribution in [0, 0.1) is 0 Å². The molecule has 0 amide bonds. The van der Waals surface area contributed by atoms with Gasteiger partial charge in [0.05, 0.1) is 8.07 Å². The summed E-state index contributed by atoms with van der Waals surface area (Å²) >= 11 is 0. The van der Waals surface area contributed by atoms with Crippen LogP contribution in [0.15, 0.2) is 35.5 Å². The lowest BCUT2D eigenvalue weighted by atomic mass is 9.77. The Morgan fingerprint density at radius 2 is 1.85 bits per heavy atom. The predicted octanol–water partition coefficient (Wildman–Crippen LogP) is 6.10. The third kappa shape index (κ3) is 4.08. The van der Waals surface area contributed by atoms with E-state index in [1.165, 1.54) is 38.5 Å². The lowest BCUT2D eigenvalue weighted by Gasteiger charge is -2.30. The third-order valence-electron chi connectivity index (χ3n) is 4.28. The molecule has 1 aliphatic rings. The highest BCUT2D eigenvalue weighted by Crippen LogP contribution is 2.39. The normalized spacial score (nSPS) is 21.0. The van der Waals surface area contributed by atoms with Gasteiger partial charge >= 0.3 is 0 Å². The molecule has 0 spiro atoms. The van der Waals surface area contributed by atoms with E-state index in [0.717, 1.165) is 0 Å². The fraction of sp³-hybridized carbons (Fsp3) is 0.579. The van der Waals surface area contributed by atoms with Crippen LogP contribution in [-0.2, 0) is 6.42 Å². The molecule has 0 fully saturated rings. The summed E-state index contributed by atoms with van der Waals surface area (Å²) in [6.07, 6.45) is 7.95. The van der Waals surface area contributed by atoms with Crippen LogP contribution in [-0.4, -0.2) is 8.07 Å². The van der Waals surface area contributed by atoms with Gasteiger partial charge in [0.2, 0.25) is 0 Å². The van der Waals surface area contributed by atoms with Gasteiger partial charge in [-0.05, 0) is 30.4 Å². The van der Waals surface area contributed by atoms with Crippen molar-refractivity contribution in [2.24, 2.45) is 0 Å². The second kappa shape index (κ2) is 6.75. The molecule has 2 rings (SSSR count). The van der Waals surface area contributed by atoms with E-state index >= 15 is 0 Å². The van der Waals surface area contributed by atoms with Crippen LogP contribution in [0.3, 0.4) is 0 Å². The average molecular weight is 287 g/mol. The zero-order valence-corrected chi connectivity index (χ0v) is 14.7. The highest BCUT2D eigenvalue weighted by molar-refractivity contribution is 6.81. The van der Waals surface area contributed by atoms with Crippen LogP contribution in [0.4, 0.5) is 0 Å². The molecule has 0 saturated heterocycles. The summed E-state index contributed by atoms with van der Waals surface area (Å²) in [6, 6.07) is 9.15. The van der Waals surface area contributed by atoms with E-state index in [2.05, 4.69) is 56.5 Å². The number of rotatable bonds is 5. The van der Waals surface area contributed by atoms with Gasteiger partial charge in [0.15, 0.2) is 0 Å². The van der Waals surface area contributed by atoms with Gasteiger partial charge in [-0.15, -0.1) is 0 Å². The molecule has 1 aromatic rings. The maximum absolute atomic E-state index is 2.68. The van der Waals surface area contributed by atoms with Crippen molar-refractivity contribution in [3.8, 4) is 0 Å². The number of aryl methyl sites for hydroxylation is 1. The van der Waals surface area contributed by atoms with Crippen LogP contribution in [0.1, 0.15) is 56.1 Å². The molecule has 1 aromatic carbocycles. The van der Waals surface area contributed by atoms with E-state index in [-0.39, 0.29) is 0 Å². The van der Waals surface area contributed by atoms with Gasteiger partial charge in [0, 0.05) is 5.92 Å². The highest BCUT2D eigenvalue weighted by atomic mass is 28.3. The molecule has 0 saturated carbocycles. The number of hydrogen-bond acceptors (Lipinski definition) is 0. The minimum atomic E-state index is -1.12. The predicted molar refractivity (Wildman–Crippen MR) is 93.1 cm³/mol. The summed E-state index contributed by atoms with van der Waals surface area (Å²) in [4.78, 5) is 0. The SMILES string of the molecule is CCCCCC1/C(=C\[Si](C)(C)C)CCc2ccccc21. The minimum Gasteiger partial charge on any atom is -0.0952 e. The Morgan fingerprint density at radius 3 is 2.55 bits per heavy atom. The molecule has 1 unspecified atom stereocenters. The topological polar surface area (TPSA) is 0 Å². The molecular weight excluding hydrogens is 256 g/mol. The number of unbranched alkanes of at least 4 members (excludes halogenated alkanes) is 2. The van der Waals surface area contributed by atoms with E-state index in [1.807, 2.05) is 0 Å². The van der Waals surface area contributed by atoms with Crippen molar-refractivity contribution >= 4 is 8.07 Å². The Balaban J connectivity index is 2.28. The molecule has 0 radical (unpaired) electrons. The van der Waals surface area contributed by atoms with Gasteiger partial charge in [-0.25, -0.2) is 0 Å². The maximum Gasteiger partial charge on any atom is 0.0686 e. The van der Waals surface area contributed by atoms with Gasteiger partial charge in [-0.1, -0.05) is 81.4 Å². The summed E-state index contributed by atoms with van der Waals surface area (Å²) < 4.78 is 0. The molecule has 1 atom stereocenters. The number of fused-ring (bicyclic) bond motifs is 1. The second-order valence-corrected chi connectivity index (χ2v) is 12.4. The van der Waals surface area contributed by atoms with E-state index < -0.39 is 8.07 Å². The Labute approximate surface area is 126 Å². The second-order valence-electron chi connectivity index (χ2n) is 7.33.